The molecule has 0 spiro atoms. The molecule has 0 amide bonds. The summed E-state index contributed by atoms with van der Waals surface area (Å²) in [6.45, 7) is 2.78. The quantitative estimate of drug-likeness (QED) is 0.844. The van der Waals surface area contributed by atoms with Gasteiger partial charge in [0.25, 0.3) is 0 Å². The molecule has 2 rings (SSSR count). The minimum atomic E-state index is -0.452. The van der Waals surface area contributed by atoms with E-state index in [1.807, 2.05) is 18.4 Å². The highest BCUT2D eigenvalue weighted by Crippen LogP contribution is 2.18. The first-order chi connectivity index (χ1) is 8.70. The van der Waals surface area contributed by atoms with E-state index in [1.54, 1.807) is 23.5 Å². The van der Waals surface area contributed by atoms with Crippen molar-refractivity contribution in [3.63, 3.8) is 0 Å². The normalized spacial score (nSPS) is 12.3. The molecule has 0 bridgehead atoms. The lowest BCUT2D eigenvalue weighted by molar-refractivity contribution is 0.0562. The molecule has 0 aliphatic rings. The van der Waals surface area contributed by atoms with E-state index in [2.05, 4.69) is 16.1 Å². The summed E-state index contributed by atoms with van der Waals surface area (Å²) in [5.41, 5.74) is 0. The monoisotopic (exact) mass is 265 g/mol. The average molecular weight is 265 g/mol. The van der Waals surface area contributed by atoms with Crippen LogP contribution in [-0.4, -0.2) is 13.1 Å². The highest BCUT2D eigenvalue weighted by molar-refractivity contribution is 7.09. The number of carbonyl (C=O) groups is 1. The molecule has 5 heteroatoms. The van der Waals surface area contributed by atoms with Gasteiger partial charge >= 0.3 is 5.97 Å². The second kappa shape index (κ2) is 5.84. The summed E-state index contributed by atoms with van der Waals surface area (Å²) in [5.74, 6) is 0.510. The molecule has 1 N–H and O–H groups in total. The van der Waals surface area contributed by atoms with E-state index in [1.165, 1.54) is 12.0 Å². The van der Waals surface area contributed by atoms with Gasteiger partial charge in [-0.1, -0.05) is 6.07 Å². The molecule has 2 aromatic rings. The zero-order chi connectivity index (χ0) is 13.0. The SMILES string of the molecule is COC(=O)c1ccc(C(C)NCc2cccs2)o1. The van der Waals surface area contributed by atoms with Crippen molar-refractivity contribution >= 4 is 17.3 Å². The van der Waals surface area contributed by atoms with E-state index >= 15 is 0 Å². The fourth-order valence-corrected chi connectivity index (χ4v) is 2.22. The molecule has 0 fully saturated rings. The molecule has 0 saturated heterocycles. The molecule has 4 nitrogen and oxygen atoms in total. The Morgan fingerprint density at radius 2 is 2.33 bits per heavy atom. The Bertz CT molecular complexity index is 504. The fraction of sp³-hybridized carbons (Fsp3) is 0.308. The number of hydrogen-bond acceptors (Lipinski definition) is 5. The van der Waals surface area contributed by atoms with Crippen molar-refractivity contribution in [2.45, 2.75) is 19.5 Å². The van der Waals surface area contributed by atoms with E-state index < -0.39 is 5.97 Å². The van der Waals surface area contributed by atoms with Crippen molar-refractivity contribution in [1.82, 2.24) is 5.32 Å². The van der Waals surface area contributed by atoms with Gasteiger partial charge in [-0.05, 0) is 30.5 Å². The number of esters is 1. The lowest BCUT2D eigenvalue weighted by atomic mass is 10.2. The van der Waals surface area contributed by atoms with Crippen LogP contribution in [0.4, 0.5) is 0 Å². The number of methoxy groups -OCH3 is 1. The van der Waals surface area contributed by atoms with Gasteiger partial charge in [0.1, 0.15) is 5.76 Å². The predicted octanol–water partition coefficient (Wildman–Crippen LogP) is 2.98. The number of carbonyl (C=O) groups excluding carboxylic acids is 1. The predicted molar refractivity (Wildman–Crippen MR) is 69.6 cm³/mol. The standard InChI is InChI=1S/C13H15NO3S/c1-9(14-8-10-4-3-7-18-10)11-5-6-12(17-11)13(15)16-2/h3-7,9,14H,8H2,1-2H3. The van der Waals surface area contributed by atoms with Crippen LogP contribution in [0.15, 0.2) is 34.1 Å². The van der Waals surface area contributed by atoms with Gasteiger partial charge in [0.15, 0.2) is 0 Å². The van der Waals surface area contributed by atoms with Crippen molar-refractivity contribution in [3.05, 3.63) is 46.0 Å². The Labute approximate surface area is 110 Å². The Kier molecular flexibility index (Phi) is 4.17. The van der Waals surface area contributed by atoms with Crippen LogP contribution in [-0.2, 0) is 11.3 Å². The summed E-state index contributed by atoms with van der Waals surface area (Å²) in [7, 11) is 1.34. The summed E-state index contributed by atoms with van der Waals surface area (Å²) < 4.78 is 10.0. The second-order valence-electron chi connectivity index (χ2n) is 3.88. The second-order valence-corrected chi connectivity index (χ2v) is 4.91. The highest BCUT2D eigenvalue weighted by atomic mass is 32.1. The van der Waals surface area contributed by atoms with E-state index in [0.717, 1.165) is 12.3 Å². The average Bonchev–Trinajstić information content (AvgIpc) is 3.05. The zero-order valence-corrected chi connectivity index (χ0v) is 11.1. The number of thiophene rings is 1. The number of nitrogens with one attached hydrogen (secondary N) is 1. The summed E-state index contributed by atoms with van der Waals surface area (Å²) in [6, 6.07) is 7.56. The largest absolute Gasteiger partial charge is 0.463 e. The molecule has 2 aromatic heterocycles. The molecule has 1 atom stereocenters. The van der Waals surface area contributed by atoms with Crippen molar-refractivity contribution in [2.24, 2.45) is 0 Å². The molecular weight excluding hydrogens is 250 g/mol. The van der Waals surface area contributed by atoms with Gasteiger partial charge in [-0.25, -0.2) is 4.79 Å². The van der Waals surface area contributed by atoms with Crippen LogP contribution in [0.3, 0.4) is 0 Å². The first-order valence-electron chi connectivity index (χ1n) is 5.64. The van der Waals surface area contributed by atoms with Gasteiger partial charge in [-0.3, -0.25) is 0 Å². The van der Waals surface area contributed by atoms with Crippen LogP contribution < -0.4 is 5.32 Å². The third-order valence-electron chi connectivity index (χ3n) is 2.60. The maximum absolute atomic E-state index is 11.3. The Hall–Kier alpha value is -1.59. The molecule has 2 heterocycles. The van der Waals surface area contributed by atoms with Crippen molar-refractivity contribution in [1.29, 1.82) is 0 Å². The third-order valence-corrected chi connectivity index (χ3v) is 3.48. The van der Waals surface area contributed by atoms with E-state index in [4.69, 9.17) is 4.42 Å². The van der Waals surface area contributed by atoms with Crippen LogP contribution in [0.25, 0.3) is 0 Å². The van der Waals surface area contributed by atoms with E-state index in [-0.39, 0.29) is 11.8 Å². The van der Waals surface area contributed by atoms with Crippen molar-refractivity contribution < 1.29 is 13.9 Å². The van der Waals surface area contributed by atoms with Gasteiger partial charge in [0.2, 0.25) is 5.76 Å². The van der Waals surface area contributed by atoms with Crippen LogP contribution in [0.5, 0.6) is 0 Å². The lowest BCUT2D eigenvalue weighted by Gasteiger charge is -2.10. The topological polar surface area (TPSA) is 51.5 Å². The minimum Gasteiger partial charge on any atom is -0.463 e. The highest BCUT2D eigenvalue weighted by Gasteiger charge is 2.14. The molecular formula is C13H15NO3S. The van der Waals surface area contributed by atoms with Gasteiger partial charge < -0.3 is 14.5 Å². The summed E-state index contributed by atoms with van der Waals surface area (Å²) in [6.07, 6.45) is 0. The molecule has 1 unspecified atom stereocenters. The third kappa shape index (κ3) is 3.00. The first kappa shape index (κ1) is 12.9. The Morgan fingerprint density at radius 3 is 3.00 bits per heavy atom. The maximum atomic E-state index is 11.3. The number of ether oxygens (including phenoxy) is 1. The molecule has 0 saturated carbocycles. The minimum absolute atomic E-state index is 0.0468. The van der Waals surface area contributed by atoms with Gasteiger partial charge in [-0.2, -0.15) is 0 Å². The Morgan fingerprint density at radius 1 is 1.50 bits per heavy atom. The van der Waals surface area contributed by atoms with Gasteiger partial charge in [0, 0.05) is 11.4 Å². The first-order valence-corrected chi connectivity index (χ1v) is 6.52. The molecule has 0 aliphatic heterocycles. The van der Waals surface area contributed by atoms with E-state index in [9.17, 15) is 4.79 Å². The maximum Gasteiger partial charge on any atom is 0.373 e. The van der Waals surface area contributed by atoms with Crippen molar-refractivity contribution in [2.75, 3.05) is 7.11 Å². The van der Waals surface area contributed by atoms with Crippen LogP contribution in [0, 0.1) is 0 Å². The summed E-state index contributed by atoms with van der Waals surface area (Å²) >= 11 is 1.71. The lowest BCUT2D eigenvalue weighted by Crippen LogP contribution is -2.16. The zero-order valence-electron chi connectivity index (χ0n) is 10.3. The molecule has 18 heavy (non-hydrogen) atoms. The molecule has 0 radical (unpaired) electrons. The molecule has 96 valence electrons. The van der Waals surface area contributed by atoms with Gasteiger partial charge in [0.05, 0.1) is 13.2 Å². The summed E-state index contributed by atoms with van der Waals surface area (Å²) in [5, 5.41) is 5.38. The molecule has 0 aliphatic carbocycles. The van der Waals surface area contributed by atoms with Crippen molar-refractivity contribution in [3.8, 4) is 0 Å². The smallest absolute Gasteiger partial charge is 0.373 e. The summed E-state index contributed by atoms with van der Waals surface area (Å²) in [4.78, 5) is 12.5. The number of rotatable bonds is 5. The molecule has 0 aromatic carbocycles. The number of furan rings is 1. The van der Waals surface area contributed by atoms with Crippen LogP contribution in [0.2, 0.25) is 0 Å². The van der Waals surface area contributed by atoms with Crippen LogP contribution in [0.1, 0.15) is 34.2 Å². The van der Waals surface area contributed by atoms with Crippen LogP contribution >= 0.6 is 11.3 Å². The number of hydrogen-bond donors (Lipinski definition) is 1. The Balaban J connectivity index is 1.94. The van der Waals surface area contributed by atoms with Gasteiger partial charge in [-0.15, -0.1) is 11.3 Å². The van der Waals surface area contributed by atoms with E-state index in [0.29, 0.717) is 0 Å². The fourth-order valence-electron chi connectivity index (χ4n) is 1.56.